The van der Waals surface area contributed by atoms with Gasteiger partial charge in [-0.25, -0.2) is 4.98 Å². The molecule has 1 aliphatic rings. The minimum Gasteiger partial charge on any atom is -0.337 e. The molecule has 25 heavy (non-hydrogen) atoms. The van der Waals surface area contributed by atoms with E-state index in [4.69, 9.17) is 4.98 Å². The monoisotopic (exact) mass is 434 g/mol. The molecule has 0 radical (unpaired) electrons. The fraction of sp³-hybridized carbons (Fsp3) is 0.294. The second-order valence-electron chi connectivity index (χ2n) is 5.94. The largest absolute Gasteiger partial charge is 0.337 e. The van der Waals surface area contributed by atoms with Crippen LogP contribution >= 0.6 is 38.8 Å². The average molecular weight is 435 g/mol. The maximum Gasteiger partial charge on any atom is 0.275 e. The Labute approximate surface area is 162 Å². The lowest BCUT2D eigenvalue weighted by molar-refractivity contribution is 0.0707. The molecule has 0 saturated carbocycles. The van der Waals surface area contributed by atoms with E-state index >= 15 is 0 Å². The van der Waals surface area contributed by atoms with E-state index in [-0.39, 0.29) is 5.91 Å². The molecule has 1 fully saturated rings. The predicted molar refractivity (Wildman–Crippen MR) is 103 cm³/mol. The van der Waals surface area contributed by atoms with E-state index in [1.54, 1.807) is 16.7 Å². The van der Waals surface area contributed by atoms with Gasteiger partial charge in [-0.15, -0.1) is 16.4 Å². The van der Waals surface area contributed by atoms with Crippen molar-refractivity contribution in [2.24, 2.45) is 0 Å². The van der Waals surface area contributed by atoms with Gasteiger partial charge < -0.3 is 4.90 Å². The van der Waals surface area contributed by atoms with E-state index in [1.807, 2.05) is 17.0 Å². The van der Waals surface area contributed by atoms with Gasteiger partial charge in [-0.1, -0.05) is 32.6 Å². The van der Waals surface area contributed by atoms with Gasteiger partial charge in [0.15, 0.2) is 5.69 Å². The van der Waals surface area contributed by atoms with E-state index < -0.39 is 0 Å². The number of carbonyl (C=O) groups excluding carboxylic acids is 1. The number of nitrogens with zero attached hydrogens (tertiary/aromatic N) is 4. The van der Waals surface area contributed by atoms with Gasteiger partial charge in [0.05, 0.1) is 10.7 Å². The minimum atomic E-state index is -0.0128. The van der Waals surface area contributed by atoms with Crippen molar-refractivity contribution in [1.29, 1.82) is 0 Å². The highest BCUT2D eigenvalue weighted by Crippen LogP contribution is 2.33. The van der Waals surface area contributed by atoms with Gasteiger partial charge in [-0.3, -0.25) is 4.79 Å². The molecule has 1 saturated heterocycles. The molecule has 1 aliphatic heterocycles. The summed E-state index contributed by atoms with van der Waals surface area (Å²) in [5.74, 6) is 0.407. The number of amides is 1. The van der Waals surface area contributed by atoms with Crippen LogP contribution in [0.5, 0.6) is 0 Å². The number of carbonyl (C=O) groups is 1. The van der Waals surface area contributed by atoms with Crippen LogP contribution in [-0.2, 0) is 0 Å². The second-order valence-corrected chi connectivity index (χ2v) is 8.35. The third kappa shape index (κ3) is 3.65. The van der Waals surface area contributed by atoms with Crippen LogP contribution in [0.1, 0.15) is 34.3 Å². The smallest absolute Gasteiger partial charge is 0.275 e. The first-order valence-electron chi connectivity index (χ1n) is 7.98. The number of benzene rings is 1. The molecule has 0 aliphatic carbocycles. The zero-order chi connectivity index (χ0) is 17.2. The molecule has 3 aromatic rings. The molecule has 4 rings (SSSR count). The fourth-order valence-corrected chi connectivity index (χ4v) is 4.83. The van der Waals surface area contributed by atoms with Crippen LogP contribution in [0.15, 0.2) is 39.5 Å². The molecule has 0 atom stereocenters. The SMILES string of the molecule is O=C(c1csnn1)N1CCC(c2nc(-c3cccc(Br)c3)cs2)CC1. The summed E-state index contributed by atoms with van der Waals surface area (Å²) < 4.78 is 4.83. The molecule has 1 amide bonds. The molecule has 0 unspecified atom stereocenters. The van der Waals surface area contributed by atoms with Crippen LogP contribution in [0, 0.1) is 0 Å². The van der Waals surface area contributed by atoms with Crippen LogP contribution in [0.25, 0.3) is 11.3 Å². The number of halogens is 1. The molecule has 5 nitrogen and oxygen atoms in total. The molecule has 1 aromatic carbocycles. The van der Waals surface area contributed by atoms with Gasteiger partial charge in [0.25, 0.3) is 5.91 Å². The third-order valence-electron chi connectivity index (χ3n) is 4.35. The highest BCUT2D eigenvalue weighted by atomic mass is 79.9. The molecule has 0 bridgehead atoms. The van der Waals surface area contributed by atoms with Crippen LogP contribution < -0.4 is 0 Å². The van der Waals surface area contributed by atoms with Crippen LogP contribution in [0.4, 0.5) is 0 Å². The number of hydrogen-bond acceptors (Lipinski definition) is 6. The summed E-state index contributed by atoms with van der Waals surface area (Å²) in [4.78, 5) is 19.0. The van der Waals surface area contributed by atoms with Crippen molar-refractivity contribution in [2.75, 3.05) is 13.1 Å². The lowest BCUT2D eigenvalue weighted by Crippen LogP contribution is -2.38. The summed E-state index contributed by atoms with van der Waals surface area (Å²) in [6, 6.07) is 8.20. The van der Waals surface area contributed by atoms with Crippen molar-refractivity contribution in [3.05, 3.63) is 50.2 Å². The van der Waals surface area contributed by atoms with Crippen molar-refractivity contribution in [3.63, 3.8) is 0 Å². The van der Waals surface area contributed by atoms with Crippen molar-refractivity contribution >= 4 is 44.7 Å². The Hall–Kier alpha value is -1.64. The predicted octanol–water partition coefficient (Wildman–Crippen LogP) is 4.44. The van der Waals surface area contributed by atoms with E-state index in [9.17, 15) is 4.79 Å². The Bertz CT molecular complexity index is 872. The van der Waals surface area contributed by atoms with Gasteiger partial charge in [0.1, 0.15) is 0 Å². The summed E-state index contributed by atoms with van der Waals surface area (Å²) in [6.07, 6.45) is 1.88. The molecule has 8 heteroatoms. The topological polar surface area (TPSA) is 59.0 Å². The Morgan fingerprint density at radius 3 is 2.80 bits per heavy atom. The van der Waals surface area contributed by atoms with Gasteiger partial charge >= 0.3 is 0 Å². The van der Waals surface area contributed by atoms with Gasteiger partial charge in [0.2, 0.25) is 0 Å². The maximum absolute atomic E-state index is 12.3. The van der Waals surface area contributed by atoms with E-state index in [0.717, 1.165) is 46.7 Å². The first-order chi connectivity index (χ1) is 12.2. The standard InChI is InChI=1S/C17H15BrN4OS2/c18-13-3-1-2-12(8-13)14-9-24-16(19-14)11-4-6-22(7-5-11)17(23)15-10-25-21-20-15/h1-3,8-11H,4-7H2. The zero-order valence-corrected chi connectivity index (χ0v) is 16.5. The first-order valence-corrected chi connectivity index (χ1v) is 10.5. The summed E-state index contributed by atoms with van der Waals surface area (Å²) >= 11 is 6.43. The Balaban J connectivity index is 1.42. The second kappa shape index (κ2) is 7.31. The number of likely N-dealkylation sites (tertiary alicyclic amines) is 1. The summed E-state index contributed by atoms with van der Waals surface area (Å²) in [5, 5.41) is 8.87. The lowest BCUT2D eigenvalue weighted by atomic mass is 9.97. The van der Waals surface area contributed by atoms with Gasteiger partial charge in [0, 0.05) is 39.8 Å². The number of thiazole rings is 1. The Morgan fingerprint density at radius 1 is 1.24 bits per heavy atom. The van der Waals surface area contributed by atoms with Gasteiger partial charge in [-0.05, 0) is 36.5 Å². The summed E-state index contributed by atoms with van der Waals surface area (Å²) in [7, 11) is 0. The Kier molecular flexibility index (Phi) is 4.91. The normalized spacial score (nSPS) is 15.5. The summed E-state index contributed by atoms with van der Waals surface area (Å²) in [6.45, 7) is 1.49. The molecule has 3 heterocycles. The number of hydrogen-bond donors (Lipinski definition) is 0. The van der Waals surface area contributed by atoms with E-state index in [1.165, 1.54) is 11.5 Å². The fourth-order valence-electron chi connectivity index (χ4n) is 3.00. The van der Waals surface area contributed by atoms with Crippen molar-refractivity contribution in [2.45, 2.75) is 18.8 Å². The van der Waals surface area contributed by atoms with E-state index in [2.05, 4.69) is 43.0 Å². The van der Waals surface area contributed by atoms with Crippen molar-refractivity contribution in [1.82, 2.24) is 19.5 Å². The first kappa shape index (κ1) is 16.8. The molecule has 128 valence electrons. The van der Waals surface area contributed by atoms with Crippen molar-refractivity contribution in [3.8, 4) is 11.3 Å². The number of piperidine rings is 1. The lowest BCUT2D eigenvalue weighted by Gasteiger charge is -2.30. The zero-order valence-electron chi connectivity index (χ0n) is 13.3. The summed E-state index contributed by atoms with van der Waals surface area (Å²) in [5.41, 5.74) is 2.60. The van der Waals surface area contributed by atoms with Gasteiger partial charge in [-0.2, -0.15) is 0 Å². The molecule has 2 aromatic heterocycles. The highest BCUT2D eigenvalue weighted by molar-refractivity contribution is 9.10. The highest BCUT2D eigenvalue weighted by Gasteiger charge is 2.27. The third-order valence-corrected chi connectivity index (χ3v) is 6.36. The van der Waals surface area contributed by atoms with Crippen LogP contribution in [0.2, 0.25) is 0 Å². The van der Waals surface area contributed by atoms with Crippen molar-refractivity contribution < 1.29 is 4.79 Å². The molecular weight excluding hydrogens is 420 g/mol. The number of aromatic nitrogens is 3. The Morgan fingerprint density at radius 2 is 2.08 bits per heavy atom. The van der Waals surface area contributed by atoms with Crippen LogP contribution in [-0.4, -0.2) is 38.5 Å². The van der Waals surface area contributed by atoms with E-state index in [0.29, 0.717) is 11.6 Å². The average Bonchev–Trinajstić information content (AvgIpc) is 3.33. The van der Waals surface area contributed by atoms with Crippen LogP contribution in [0.3, 0.4) is 0 Å². The maximum atomic E-state index is 12.3. The minimum absolute atomic E-state index is 0.0128. The molecular formula is C17H15BrN4OS2. The quantitative estimate of drug-likeness (QED) is 0.610. The molecule has 0 N–H and O–H groups in total. The number of rotatable bonds is 3. The molecule has 0 spiro atoms.